The van der Waals surface area contributed by atoms with Crippen molar-refractivity contribution in [1.82, 2.24) is 10.6 Å². The number of hydrogen-bond donors (Lipinski definition) is 3. The van der Waals surface area contributed by atoms with Crippen LogP contribution in [0, 0.1) is 0 Å². The number of hydrogen-bond acceptors (Lipinski definition) is 5. The number of nitrogens with one attached hydrogen (secondary N) is 2. The summed E-state index contributed by atoms with van der Waals surface area (Å²) >= 11 is 0. The van der Waals surface area contributed by atoms with E-state index in [0.717, 1.165) is 5.56 Å². The van der Waals surface area contributed by atoms with Gasteiger partial charge in [-0.3, -0.25) is 4.79 Å². The van der Waals surface area contributed by atoms with Gasteiger partial charge in [-0.15, -0.1) is 0 Å². The lowest BCUT2D eigenvalue weighted by molar-refractivity contribution is -0.174. The third-order valence-electron chi connectivity index (χ3n) is 3.51. The van der Waals surface area contributed by atoms with E-state index in [1.165, 1.54) is 20.8 Å². The molecule has 8 heteroatoms. The second kappa shape index (κ2) is 8.39. The molecule has 0 heterocycles. The molecule has 0 unspecified atom stereocenters. The van der Waals surface area contributed by atoms with Crippen molar-refractivity contribution < 1.29 is 29.0 Å². The lowest BCUT2D eigenvalue weighted by Gasteiger charge is -2.32. The number of carbonyl (C=O) groups is 3. The van der Waals surface area contributed by atoms with Crippen molar-refractivity contribution in [1.29, 1.82) is 0 Å². The van der Waals surface area contributed by atoms with Crippen molar-refractivity contribution >= 4 is 18.0 Å². The van der Waals surface area contributed by atoms with Crippen molar-refractivity contribution in [2.75, 3.05) is 0 Å². The van der Waals surface area contributed by atoms with Crippen molar-refractivity contribution in [3.8, 4) is 0 Å². The molecule has 1 aromatic rings. The van der Waals surface area contributed by atoms with Crippen LogP contribution in [0.3, 0.4) is 0 Å². The standard InChI is InChI=1S/C19H28N2O6/c1-17(2,3)27-16(25)21-18(4,5)14(22)20-19(6,15(23)24)26-12-13-10-8-7-9-11-13/h7-11H,12H2,1-6H3,(H,20,22)(H,21,25)(H,23,24)/t19-/m1/s1. The first kappa shape index (κ1) is 22.4. The molecule has 0 spiro atoms. The highest BCUT2D eigenvalue weighted by Gasteiger charge is 2.41. The van der Waals surface area contributed by atoms with E-state index >= 15 is 0 Å². The Kier molecular flexibility index (Phi) is 6.97. The monoisotopic (exact) mass is 380 g/mol. The van der Waals surface area contributed by atoms with Crippen LogP contribution in [-0.4, -0.2) is 39.9 Å². The van der Waals surface area contributed by atoms with Gasteiger partial charge in [-0.2, -0.15) is 0 Å². The SMILES string of the molecule is CC(C)(C)OC(=O)NC(C)(C)C(=O)N[C@](C)(OCc1ccccc1)C(=O)O. The second-order valence-corrected chi connectivity index (χ2v) is 7.82. The van der Waals surface area contributed by atoms with Gasteiger partial charge >= 0.3 is 12.1 Å². The summed E-state index contributed by atoms with van der Waals surface area (Å²) in [6.45, 7) is 9.18. The summed E-state index contributed by atoms with van der Waals surface area (Å²) in [7, 11) is 0. The van der Waals surface area contributed by atoms with Crippen LogP contribution in [0.1, 0.15) is 47.1 Å². The minimum Gasteiger partial charge on any atom is -0.478 e. The number of rotatable bonds is 7. The van der Waals surface area contributed by atoms with E-state index in [1.54, 1.807) is 45.0 Å². The average molecular weight is 380 g/mol. The molecule has 0 aliphatic heterocycles. The number of alkyl carbamates (subject to hydrolysis) is 1. The van der Waals surface area contributed by atoms with Gasteiger partial charge in [0.15, 0.2) is 0 Å². The van der Waals surface area contributed by atoms with Gasteiger partial charge in [0.1, 0.15) is 11.1 Å². The van der Waals surface area contributed by atoms with Gasteiger partial charge in [0.2, 0.25) is 11.6 Å². The maximum atomic E-state index is 12.6. The van der Waals surface area contributed by atoms with Crippen LogP contribution in [0.5, 0.6) is 0 Å². The topological polar surface area (TPSA) is 114 Å². The van der Waals surface area contributed by atoms with Crippen molar-refractivity contribution in [2.45, 2.75) is 65.0 Å². The predicted molar refractivity (Wildman–Crippen MR) is 98.9 cm³/mol. The first-order valence-corrected chi connectivity index (χ1v) is 8.50. The molecule has 0 bridgehead atoms. The first-order chi connectivity index (χ1) is 12.3. The molecule has 0 aliphatic carbocycles. The molecule has 0 saturated carbocycles. The Balaban J connectivity index is 2.80. The van der Waals surface area contributed by atoms with Gasteiger partial charge in [-0.25, -0.2) is 9.59 Å². The molecule has 150 valence electrons. The van der Waals surface area contributed by atoms with Crippen molar-refractivity contribution in [3.05, 3.63) is 35.9 Å². The van der Waals surface area contributed by atoms with E-state index in [4.69, 9.17) is 9.47 Å². The van der Waals surface area contributed by atoms with Gasteiger partial charge in [0.05, 0.1) is 6.61 Å². The molecule has 8 nitrogen and oxygen atoms in total. The summed E-state index contributed by atoms with van der Waals surface area (Å²) in [5, 5.41) is 14.3. The zero-order valence-electron chi connectivity index (χ0n) is 16.6. The van der Waals surface area contributed by atoms with Crippen LogP contribution < -0.4 is 10.6 Å². The third kappa shape index (κ3) is 7.26. The zero-order chi connectivity index (χ0) is 20.9. The summed E-state index contributed by atoms with van der Waals surface area (Å²) < 4.78 is 10.6. The molecular weight excluding hydrogens is 352 g/mol. The number of ether oxygens (including phenoxy) is 2. The van der Waals surface area contributed by atoms with E-state index < -0.39 is 34.8 Å². The zero-order valence-corrected chi connectivity index (χ0v) is 16.6. The number of carbonyl (C=O) groups excluding carboxylic acids is 2. The van der Waals surface area contributed by atoms with Crippen molar-refractivity contribution in [3.63, 3.8) is 0 Å². The molecule has 2 amide bonds. The smallest absolute Gasteiger partial charge is 0.408 e. The number of aliphatic carboxylic acids is 1. The summed E-state index contributed by atoms with van der Waals surface area (Å²) in [6.07, 6.45) is -0.787. The Labute approximate surface area is 159 Å². The van der Waals surface area contributed by atoms with Crippen LogP contribution >= 0.6 is 0 Å². The first-order valence-electron chi connectivity index (χ1n) is 8.50. The van der Waals surface area contributed by atoms with Crippen molar-refractivity contribution in [2.24, 2.45) is 0 Å². The Morgan fingerprint density at radius 2 is 1.52 bits per heavy atom. The highest BCUT2D eigenvalue weighted by molar-refractivity contribution is 5.92. The maximum absolute atomic E-state index is 12.6. The van der Waals surface area contributed by atoms with Gasteiger partial charge < -0.3 is 25.2 Å². The summed E-state index contributed by atoms with van der Waals surface area (Å²) in [4.78, 5) is 36.2. The largest absolute Gasteiger partial charge is 0.478 e. The summed E-state index contributed by atoms with van der Waals surface area (Å²) in [6, 6.07) is 8.97. The molecule has 3 N–H and O–H groups in total. The molecule has 0 aliphatic rings. The van der Waals surface area contributed by atoms with Gasteiger partial charge in [0.25, 0.3) is 0 Å². The molecule has 0 aromatic heterocycles. The minimum absolute atomic E-state index is 0.0101. The number of carboxylic acids is 1. The second-order valence-electron chi connectivity index (χ2n) is 7.82. The van der Waals surface area contributed by atoms with E-state index in [0.29, 0.717) is 0 Å². The molecule has 0 fully saturated rings. The van der Waals surface area contributed by atoms with E-state index in [-0.39, 0.29) is 6.61 Å². The maximum Gasteiger partial charge on any atom is 0.408 e. The van der Waals surface area contributed by atoms with Crippen LogP contribution in [-0.2, 0) is 25.7 Å². The fourth-order valence-corrected chi connectivity index (χ4v) is 1.94. The molecule has 27 heavy (non-hydrogen) atoms. The fourth-order valence-electron chi connectivity index (χ4n) is 1.94. The lowest BCUT2D eigenvalue weighted by Crippen LogP contribution is -2.63. The van der Waals surface area contributed by atoms with Gasteiger partial charge in [0, 0.05) is 0 Å². The molecule has 1 aromatic carbocycles. The van der Waals surface area contributed by atoms with E-state index in [1.807, 2.05) is 6.07 Å². The molecular formula is C19H28N2O6. The van der Waals surface area contributed by atoms with Gasteiger partial charge in [-0.1, -0.05) is 30.3 Å². The third-order valence-corrected chi connectivity index (χ3v) is 3.51. The lowest BCUT2D eigenvalue weighted by atomic mass is 10.0. The Morgan fingerprint density at radius 3 is 2.00 bits per heavy atom. The highest BCUT2D eigenvalue weighted by atomic mass is 16.6. The normalized spacial score (nSPS) is 14.0. The number of amides is 2. The Hall–Kier alpha value is -2.61. The van der Waals surface area contributed by atoms with E-state index in [2.05, 4.69) is 10.6 Å². The number of carboxylic acid groups (broad SMARTS) is 1. The summed E-state index contributed by atoms with van der Waals surface area (Å²) in [5.74, 6) is -2.09. The minimum atomic E-state index is -1.97. The predicted octanol–water partition coefficient (Wildman–Crippen LogP) is 2.42. The van der Waals surface area contributed by atoms with Gasteiger partial charge in [-0.05, 0) is 47.1 Å². The van der Waals surface area contributed by atoms with Crippen LogP contribution in [0.15, 0.2) is 30.3 Å². The van der Waals surface area contributed by atoms with Crippen LogP contribution in [0.2, 0.25) is 0 Å². The van der Waals surface area contributed by atoms with Crippen LogP contribution in [0.25, 0.3) is 0 Å². The fraction of sp³-hybridized carbons (Fsp3) is 0.526. The molecule has 0 radical (unpaired) electrons. The molecule has 0 saturated heterocycles. The quantitative estimate of drug-likeness (QED) is 0.626. The molecule has 1 atom stereocenters. The molecule has 1 rings (SSSR count). The average Bonchev–Trinajstić information content (AvgIpc) is 2.51. The Bertz CT molecular complexity index is 681. The van der Waals surface area contributed by atoms with Crippen LogP contribution in [0.4, 0.5) is 4.79 Å². The highest BCUT2D eigenvalue weighted by Crippen LogP contribution is 2.15. The van der Waals surface area contributed by atoms with E-state index in [9.17, 15) is 19.5 Å². The number of benzene rings is 1. The summed E-state index contributed by atoms with van der Waals surface area (Å²) in [5.41, 5.74) is -3.37. The Morgan fingerprint density at radius 1 is 0.963 bits per heavy atom.